The Morgan fingerprint density at radius 3 is 2.70 bits per heavy atom. The first-order valence-electron chi connectivity index (χ1n) is 9.62. The number of amides is 1. The monoisotopic (exact) mass is 398 g/mol. The molecule has 7 heteroatoms. The zero-order valence-corrected chi connectivity index (χ0v) is 17.1. The Balaban J connectivity index is 1.58. The van der Waals surface area contributed by atoms with Crippen molar-refractivity contribution in [1.82, 2.24) is 30.0 Å². The zero-order valence-electron chi connectivity index (χ0n) is 17.1. The fraction of sp³-hybridized carbons (Fsp3) is 0.174. The average molecular weight is 398 g/mol. The molecular formula is C23H22N6O. The number of carbonyl (C=O) groups is 1. The predicted octanol–water partition coefficient (Wildman–Crippen LogP) is 3.49. The second-order valence-corrected chi connectivity index (χ2v) is 7.18. The molecule has 7 nitrogen and oxygen atoms in total. The zero-order chi connectivity index (χ0) is 21.1. The van der Waals surface area contributed by atoms with Crippen LogP contribution in [0.2, 0.25) is 0 Å². The summed E-state index contributed by atoms with van der Waals surface area (Å²) in [5.74, 6) is -0.251. The maximum Gasteiger partial charge on any atom is 0.271 e. The molecule has 0 atom stereocenters. The van der Waals surface area contributed by atoms with E-state index >= 15 is 0 Å². The summed E-state index contributed by atoms with van der Waals surface area (Å²) in [7, 11) is 1.91. The van der Waals surface area contributed by atoms with Gasteiger partial charge in [0.1, 0.15) is 11.4 Å². The highest BCUT2D eigenvalue weighted by atomic mass is 16.1. The smallest absolute Gasteiger partial charge is 0.271 e. The van der Waals surface area contributed by atoms with E-state index in [0.717, 1.165) is 39.2 Å². The van der Waals surface area contributed by atoms with Crippen LogP contribution in [0.4, 0.5) is 0 Å². The Hall–Kier alpha value is -3.87. The number of aryl methyl sites for hydroxylation is 3. The van der Waals surface area contributed by atoms with Gasteiger partial charge in [-0.2, -0.15) is 5.10 Å². The summed E-state index contributed by atoms with van der Waals surface area (Å²) in [6.07, 6.45) is 8.73. The third-order valence-electron chi connectivity index (χ3n) is 4.81. The number of aromatic nitrogens is 5. The molecule has 1 N–H and O–H groups in total. The first-order chi connectivity index (χ1) is 14.5. The van der Waals surface area contributed by atoms with E-state index in [1.54, 1.807) is 12.4 Å². The Bertz CT molecular complexity index is 1200. The first-order valence-corrected chi connectivity index (χ1v) is 9.62. The van der Waals surface area contributed by atoms with Crippen LogP contribution in [0, 0.1) is 13.8 Å². The van der Waals surface area contributed by atoms with Crippen LogP contribution in [0.1, 0.15) is 27.3 Å². The van der Waals surface area contributed by atoms with Gasteiger partial charge in [0.25, 0.3) is 5.91 Å². The van der Waals surface area contributed by atoms with E-state index < -0.39 is 0 Å². The maximum absolute atomic E-state index is 12.3. The van der Waals surface area contributed by atoms with Crippen LogP contribution >= 0.6 is 0 Å². The molecule has 1 amide bonds. The van der Waals surface area contributed by atoms with Crippen LogP contribution in [-0.4, -0.2) is 30.6 Å². The van der Waals surface area contributed by atoms with E-state index in [4.69, 9.17) is 0 Å². The molecular weight excluding hydrogens is 376 g/mol. The van der Waals surface area contributed by atoms with Crippen molar-refractivity contribution in [1.29, 1.82) is 0 Å². The quantitative estimate of drug-likeness (QED) is 0.556. The lowest BCUT2D eigenvalue weighted by molar-refractivity contribution is 0.0945. The highest BCUT2D eigenvalue weighted by molar-refractivity contribution is 5.91. The normalized spacial score (nSPS) is 10.8. The first kappa shape index (κ1) is 19.4. The molecule has 0 saturated heterocycles. The Morgan fingerprint density at radius 1 is 1.07 bits per heavy atom. The van der Waals surface area contributed by atoms with E-state index in [0.29, 0.717) is 12.2 Å². The minimum Gasteiger partial charge on any atom is -0.347 e. The second kappa shape index (κ2) is 8.24. The summed E-state index contributed by atoms with van der Waals surface area (Å²) >= 11 is 0. The molecule has 1 aromatic carbocycles. The van der Waals surface area contributed by atoms with Crippen molar-refractivity contribution in [3.8, 4) is 22.4 Å². The minimum atomic E-state index is -0.251. The van der Waals surface area contributed by atoms with E-state index in [9.17, 15) is 4.79 Å². The molecule has 0 radical (unpaired) electrons. The molecule has 0 aliphatic carbocycles. The van der Waals surface area contributed by atoms with Crippen molar-refractivity contribution >= 4 is 5.91 Å². The molecule has 4 rings (SSSR count). The van der Waals surface area contributed by atoms with Gasteiger partial charge >= 0.3 is 0 Å². The average Bonchev–Trinajstić information content (AvgIpc) is 3.14. The molecule has 0 saturated carbocycles. The van der Waals surface area contributed by atoms with Crippen molar-refractivity contribution in [2.75, 3.05) is 0 Å². The van der Waals surface area contributed by atoms with Crippen molar-refractivity contribution in [2.45, 2.75) is 20.4 Å². The largest absolute Gasteiger partial charge is 0.347 e. The molecule has 0 spiro atoms. The summed E-state index contributed by atoms with van der Waals surface area (Å²) in [6, 6.07) is 10.0. The molecule has 4 aromatic rings. The third kappa shape index (κ3) is 4.10. The highest BCUT2D eigenvalue weighted by Gasteiger charge is 2.15. The van der Waals surface area contributed by atoms with Gasteiger partial charge in [-0.25, -0.2) is 4.98 Å². The van der Waals surface area contributed by atoms with Gasteiger partial charge in [-0.15, -0.1) is 0 Å². The van der Waals surface area contributed by atoms with Crippen molar-refractivity contribution in [3.05, 3.63) is 83.8 Å². The Morgan fingerprint density at radius 2 is 1.93 bits per heavy atom. The van der Waals surface area contributed by atoms with Gasteiger partial charge in [-0.1, -0.05) is 18.2 Å². The predicted molar refractivity (Wildman–Crippen MR) is 115 cm³/mol. The van der Waals surface area contributed by atoms with Gasteiger partial charge in [0.05, 0.1) is 11.9 Å². The lowest BCUT2D eigenvalue weighted by atomic mass is 9.98. The number of carbonyl (C=O) groups excluding carboxylic acids is 1. The molecule has 0 aliphatic rings. The van der Waals surface area contributed by atoms with Crippen LogP contribution in [0.25, 0.3) is 22.4 Å². The van der Waals surface area contributed by atoms with Crippen LogP contribution in [-0.2, 0) is 13.6 Å². The topological polar surface area (TPSA) is 85.6 Å². The molecule has 150 valence electrons. The summed E-state index contributed by atoms with van der Waals surface area (Å²) in [6.45, 7) is 4.26. The van der Waals surface area contributed by atoms with Crippen LogP contribution in [0.15, 0.2) is 61.3 Å². The number of nitrogens with zero attached hydrogens (tertiary/aromatic N) is 5. The van der Waals surface area contributed by atoms with Gasteiger partial charge in [-0.05, 0) is 42.7 Å². The van der Waals surface area contributed by atoms with Crippen molar-refractivity contribution < 1.29 is 4.79 Å². The number of hydrogen-bond donors (Lipinski definition) is 1. The molecule has 0 bridgehead atoms. The highest BCUT2D eigenvalue weighted by Crippen LogP contribution is 2.32. The summed E-state index contributed by atoms with van der Waals surface area (Å²) in [4.78, 5) is 24.8. The molecule has 3 aromatic heterocycles. The van der Waals surface area contributed by atoms with Gasteiger partial charge in [0.2, 0.25) is 0 Å². The summed E-state index contributed by atoms with van der Waals surface area (Å²) < 4.78 is 1.81. The number of rotatable bonds is 5. The number of benzene rings is 1. The van der Waals surface area contributed by atoms with E-state index in [1.807, 2.05) is 68.3 Å². The SMILES string of the molecule is Cc1cnc(C(=O)NCc2cccc(-c3nn(C)cc3-c3ccncc3C)c2)cn1. The Kier molecular flexibility index (Phi) is 5.34. The minimum absolute atomic E-state index is 0.251. The van der Waals surface area contributed by atoms with Gasteiger partial charge < -0.3 is 5.32 Å². The summed E-state index contributed by atoms with van der Waals surface area (Å²) in [5, 5.41) is 7.58. The molecule has 30 heavy (non-hydrogen) atoms. The second-order valence-electron chi connectivity index (χ2n) is 7.18. The van der Waals surface area contributed by atoms with E-state index in [-0.39, 0.29) is 5.91 Å². The van der Waals surface area contributed by atoms with E-state index in [2.05, 4.69) is 25.4 Å². The lowest BCUT2D eigenvalue weighted by Gasteiger charge is -2.08. The summed E-state index contributed by atoms with van der Waals surface area (Å²) in [5.41, 5.74) is 7.18. The number of nitrogens with one attached hydrogen (secondary N) is 1. The van der Waals surface area contributed by atoms with E-state index in [1.165, 1.54) is 6.20 Å². The third-order valence-corrected chi connectivity index (χ3v) is 4.81. The fourth-order valence-electron chi connectivity index (χ4n) is 3.29. The number of pyridine rings is 1. The fourth-order valence-corrected chi connectivity index (χ4v) is 3.29. The molecule has 0 aliphatic heterocycles. The van der Waals surface area contributed by atoms with Crippen molar-refractivity contribution in [2.24, 2.45) is 7.05 Å². The van der Waals surface area contributed by atoms with Crippen LogP contribution in [0.3, 0.4) is 0 Å². The molecule has 0 fully saturated rings. The number of hydrogen-bond acceptors (Lipinski definition) is 5. The van der Waals surface area contributed by atoms with Crippen LogP contribution in [0.5, 0.6) is 0 Å². The maximum atomic E-state index is 12.3. The van der Waals surface area contributed by atoms with Gasteiger partial charge in [0, 0.05) is 49.5 Å². The van der Waals surface area contributed by atoms with Crippen molar-refractivity contribution in [3.63, 3.8) is 0 Å². The Labute approximate surface area is 174 Å². The standard InChI is InChI=1S/C23H22N6O/c1-15-10-24-8-7-19(15)20-14-29(3)28-22(20)18-6-4-5-17(9-18)12-27-23(30)21-13-25-16(2)11-26-21/h4-11,13-14H,12H2,1-3H3,(H,27,30). The molecule has 3 heterocycles. The van der Waals surface area contributed by atoms with Gasteiger partial charge in [0.15, 0.2) is 0 Å². The lowest BCUT2D eigenvalue weighted by Crippen LogP contribution is -2.24. The molecule has 0 unspecified atom stereocenters. The van der Waals surface area contributed by atoms with Gasteiger partial charge in [-0.3, -0.25) is 19.4 Å². The van der Waals surface area contributed by atoms with Crippen LogP contribution < -0.4 is 5.32 Å².